The number of hydrogen-bond acceptors (Lipinski definition) is 2. The number of hydrogen-bond donors (Lipinski definition) is 1. The Morgan fingerprint density at radius 1 is 1.21 bits per heavy atom. The van der Waals surface area contributed by atoms with Crippen LogP contribution in [-0.2, 0) is 0 Å². The molecular formula is C14H12BrClFNO. The van der Waals surface area contributed by atoms with Crippen LogP contribution in [0.15, 0.2) is 46.9 Å². The lowest BCUT2D eigenvalue weighted by atomic mass is 10.3. The zero-order valence-electron chi connectivity index (χ0n) is 10.00. The predicted octanol–water partition coefficient (Wildman–Crippen LogP) is 4.73. The molecule has 0 aliphatic heterocycles. The van der Waals surface area contributed by atoms with Gasteiger partial charge in [-0.05, 0) is 40.2 Å². The van der Waals surface area contributed by atoms with E-state index in [1.807, 2.05) is 24.3 Å². The molecule has 0 aromatic heterocycles. The number of benzene rings is 2. The van der Waals surface area contributed by atoms with Crippen molar-refractivity contribution in [2.24, 2.45) is 0 Å². The molecule has 2 aromatic carbocycles. The monoisotopic (exact) mass is 343 g/mol. The highest BCUT2D eigenvalue weighted by Gasteiger charge is 2.02. The fourth-order valence-corrected chi connectivity index (χ4v) is 2.07. The van der Waals surface area contributed by atoms with Crippen molar-refractivity contribution in [1.29, 1.82) is 0 Å². The number of rotatable bonds is 5. The Kier molecular flexibility index (Phi) is 5.05. The molecule has 2 rings (SSSR count). The van der Waals surface area contributed by atoms with Gasteiger partial charge >= 0.3 is 0 Å². The standard InChI is InChI=1S/C14H12BrClFNO/c15-11-3-1-2-4-14(11)18-7-8-19-10-5-6-12(16)13(17)9-10/h1-6,9,18H,7-8H2. The van der Waals surface area contributed by atoms with Crippen LogP contribution in [-0.4, -0.2) is 13.2 Å². The van der Waals surface area contributed by atoms with Crippen LogP contribution in [0, 0.1) is 5.82 Å². The van der Waals surface area contributed by atoms with Gasteiger partial charge in [-0.25, -0.2) is 4.39 Å². The number of nitrogens with one attached hydrogen (secondary N) is 1. The molecule has 0 aliphatic carbocycles. The van der Waals surface area contributed by atoms with Crippen molar-refractivity contribution in [2.45, 2.75) is 0 Å². The first-order valence-corrected chi connectivity index (χ1v) is 6.90. The van der Waals surface area contributed by atoms with Crippen LogP contribution in [0.4, 0.5) is 10.1 Å². The third-order valence-corrected chi connectivity index (χ3v) is 3.45. The van der Waals surface area contributed by atoms with Crippen LogP contribution in [0.1, 0.15) is 0 Å². The van der Waals surface area contributed by atoms with Crippen molar-refractivity contribution < 1.29 is 9.13 Å². The van der Waals surface area contributed by atoms with Crippen LogP contribution in [0.25, 0.3) is 0 Å². The van der Waals surface area contributed by atoms with Crippen LogP contribution < -0.4 is 10.1 Å². The summed E-state index contributed by atoms with van der Waals surface area (Å²) < 4.78 is 19.6. The summed E-state index contributed by atoms with van der Waals surface area (Å²) in [5, 5.41) is 3.31. The van der Waals surface area contributed by atoms with Crippen LogP contribution >= 0.6 is 27.5 Å². The molecule has 0 unspecified atom stereocenters. The molecule has 0 fully saturated rings. The van der Waals surface area contributed by atoms with Crippen molar-refractivity contribution in [3.8, 4) is 5.75 Å². The normalized spacial score (nSPS) is 10.3. The van der Waals surface area contributed by atoms with E-state index in [9.17, 15) is 4.39 Å². The molecule has 0 radical (unpaired) electrons. The average Bonchev–Trinajstić information content (AvgIpc) is 2.40. The minimum atomic E-state index is -0.474. The quantitative estimate of drug-likeness (QED) is 0.792. The second kappa shape index (κ2) is 6.78. The summed E-state index contributed by atoms with van der Waals surface area (Å²) in [5.41, 5.74) is 0.994. The molecule has 0 atom stereocenters. The molecule has 0 saturated heterocycles. The molecule has 0 amide bonds. The van der Waals surface area contributed by atoms with E-state index in [2.05, 4.69) is 21.2 Å². The Labute approximate surface area is 124 Å². The Morgan fingerprint density at radius 3 is 2.74 bits per heavy atom. The Bertz CT molecular complexity index is 565. The SMILES string of the molecule is Fc1cc(OCCNc2ccccc2Br)ccc1Cl. The summed E-state index contributed by atoms with van der Waals surface area (Å²) in [4.78, 5) is 0. The first-order chi connectivity index (χ1) is 9.16. The van der Waals surface area contributed by atoms with Gasteiger partial charge in [-0.3, -0.25) is 0 Å². The fraction of sp³-hybridized carbons (Fsp3) is 0.143. The van der Waals surface area contributed by atoms with Gasteiger partial charge in [0.2, 0.25) is 0 Å². The molecule has 2 nitrogen and oxygen atoms in total. The second-order valence-electron chi connectivity index (χ2n) is 3.83. The Morgan fingerprint density at radius 2 is 2.00 bits per heavy atom. The summed E-state index contributed by atoms with van der Waals surface area (Å²) in [6.45, 7) is 1.05. The lowest BCUT2D eigenvalue weighted by molar-refractivity contribution is 0.331. The van der Waals surface area contributed by atoms with E-state index in [1.165, 1.54) is 12.1 Å². The van der Waals surface area contributed by atoms with Crippen molar-refractivity contribution in [3.05, 3.63) is 57.8 Å². The van der Waals surface area contributed by atoms with Crippen LogP contribution in [0.2, 0.25) is 5.02 Å². The van der Waals surface area contributed by atoms with E-state index in [0.717, 1.165) is 10.2 Å². The maximum atomic E-state index is 13.2. The van der Waals surface area contributed by atoms with Gasteiger partial charge in [-0.2, -0.15) is 0 Å². The largest absolute Gasteiger partial charge is 0.492 e. The van der Waals surface area contributed by atoms with Gasteiger partial charge in [0, 0.05) is 22.8 Å². The van der Waals surface area contributed by atoms with Gasteiger partial charge in [0.05, 0.1) is 5.02 Å². The van der Waals surface area contributed by atoms with Gasteiger partial charge < -0.3 is 10.1 Å². The highest BCUT2D eigenvalue weighted by molar-refractivity contribution is 9.10. The molecule has 0 saturated carbocycles. The minimum absolute atomic E-state index is 0.0960. The minimum Gasteiger partial charge on any atom is -0.492 e. The van der Waals surface area contributed by atoms with E-state index >= 15 is 0 Å². The lowest BCUT2D eigenvalue weighted by Crippen LogP contribution is -2.11. The zero-order chi connectivity index (χ0) is 13.7. The molecule has 0 aliphatic rings. The summed E-state index contributed by atoms with van der Waals surface area (Å²) in [6.07, 6.45) is 0. The van der Waals surface area contributed by atoms with E-state index in [4.69, 9.17) is 16.3 Å². The van der Waals surface area contributed by atoms with Crippen molar-refractivity contribution >= 4 is 33.2 Å². The van der Waals surface area contributed by atoms with Gasteiger partial charge in [-0.1, -0.05) is 23.7 Å². The smallest absolute Gasteiger partial charge is 0.145 e. The van der Waals surface area contributed by atoms with E-state index < -0.39 is 5.82 Å². The molecule has 2 aromatic rings. The third-order valence-electron chi connectivity index (χ3n) is 2.45. The summed E-state index contributed by atoms with van der Waals surface area (Å²) in [6, 6.07) is 12.2. The molecule has 0 spiro atoms. The van der Waals surface area contributed by atoms with E-state index in [1.54, 1.807) is 6.07 Å². The number of para-hydroxylation sites is 1. The van der Waals surface area contributed by atoms with Crippen LogP contribution in [0.3, 0.4) is 0 Å². The molecule has 5 heteroatoms. The highest BCUT2D eigenvalue weighted by Crippen LogP contribution is 2.22. The van der Waals surface area contributed by atoms with Crippen molar-refractivity contribution in [1.82, 2.24) is 0 Å². The molecule has 100 valence electrons. The fourth-order valence-electron chi connectivity index (χ4n) is 1.53. The van der Waals surface area contributed by atoms with Gasteiger partial charge in [-0.15, -0.1) is 0 Å². The van der Waals surface area contributed by atoms with E-state index in [0.29, 0.717) is 18.9 Å². The van der Waals surface area contributed by atoms with Gasteiger partial charge in [0.25, 0.3) is 0 Å². The van der Waals surface area contributed by atoms with Crippen molar-refractivity contribution in [3.63, 3.8) is 0 Å². The van der Waals surface area contributed by atoms with Gasteiger partial charge in [0.15, 0.2) is 0 Å². The second-order valence-corrected chi connectivity index (χ2v) is 5.09. The van der Waals surface area contributed by atoms with E-state index in [-0.39, 0.29) is 5.02 Å². The number of halogens is 3. The summed E-state index contributed by atoms with van der Waals surface area (Å²) >= 11 is 9.03. The molecule has 1 N–H and O–H groups in total. The summed E-state index contributed by atoms with van der Waals surface area (Å²) in [7, 11) is 0. The predicted molar refractivity (Wildman–Crippen MR) is 79.5 cm³/mol. The average molecular weight is 345 g/mol. The molecule has 19 heavy (non-hydrogen) atoms. The molecular weight excluding hydrogens is 333 g/mol. The Hall–Kier alpha value is -1.26. The van der Waals surface area contributed by atoms with Crippen LogP contribution in [0.5, 0.6) is 5.75 Å². The molecule has 0 heterocycles. The number of anilines is 1. The van der Waals surface area contributed by atoms with Crippen molar-refractivity contribution in [2.75, 3.05) is 18.5 Å². The maximum absolute atomic E-state index is 13.2. The summed E-state index contributed by atoms with van der Waals surface area (Å²) in [5.74, 6) is -0.00578. The first kappa shape index (κ1) is 14.2. The zero-order valence-corrected chi connectivity index (χ0v) is 12.3. The highest BCUT2D eigenvalue weighted by atomic mass is 79.9. The number of ether oxygens (including phenoxy) is 1. The maximum Gasteiger partial charge on any atom is 0.145 e. The van der Waals surface area contributed by atoms with Gasteiger partial charge in [0.1, 0.15) is 18.2 Å². The Balaban J connectivity index is 1.81. The molecule has 0 bridgehead atoms. The third kappa shape index (κ3) is 4.11. The first-order valence-electron chi connectivity index (χ1n) is 5.73. The topological polar surface area (TPSA) is 21.3 Å². The lowest BCUT2D eigenvalue weighted by Gasteiger charge is -2.10.